The van der Waals surface area contributed by atoms with Crippen LogP contribution >= 0.6 is 0 Å². The first-order valence-corrected chi connectivity index (χ1v) is 10.9. The molecule has 33 heavy (non-hydrogen) atoms. The van der Waals surface area contributed by atoms with Crippen LogP contribution in [-0.2, 0) is 11.3 Å². The molecular formula is C28H25N3O2. The molecule has 1 amide bonds. The number of hydrogen-bond acceptors (Lipinski definition) is 4. The second-order valence-corrected chi connectivity index (χ2v) is 8.15. The molecule has 4 aromatic carbocycles. The van der Waals surface area contributed by atoms with Gasteiger partial charge in [-0.05, 0) is 46.0 Å². The largest absolute Gasteiger partial charge is 0.448 e. The van der Waals surface area contributed by atoms with Crippen LogP contribution in [0.25, 0.3) is 11.1 Å². The van der Waals surface area contributed by atoms with Gasteiger partial charge in [0.05, 0.1) is 17.9 Å². The zero-order valence-corrected chi connectivity index (χ0v) is 18.1. The Morgan fingerprint density at radius 1 is 0.727 bits per heavy atom. The molecule has 0 bridgehead atoms. The molecule has 0 heterocycles. The van der Waals surface area contributed by atoms with Crippen LogP contribution in [0.3, 0.4) is 0 Å². The van der Waals surface area contributed by atoms with E-state index in [-0.39, 0.29) is 19.1 Å². The Bertz CT molecular complexity index is 1270. The maximum absolute atomic E-state index is 13.4. The smallest absolute Gasteiger partial charge is 0.414 e. The number of carbonyl (C=O) groups excluding carboxylic acids is 1. The maximum atomic E-state index is 13.4. The molecule has 5 rings (SSSR count). The Morgan fingerprint density at radius 3 is 1.91 bits per heavy atom. The van der Waals surface area contributed by atoms with Crippen LogP contribution in [0.5, 0.6) is 0 Å². The van der Waals surface area contributed by atoms with E-state index in [1.165, 1.54) is 22.3 Å². The van der Waals surface area contributed by atoms with E-state index in [0.717, 1.165) is 5.56 Å². The molecule has 0 unspecified atom stereocenters. The minimum atomic E-state index is -0.460. The summed E-state index contributed by atoms with van der Waals surface area (Å²) in [6.07, 6.45) is -0.460. The number of fused-ring (bicyclic) bond motifs is 3. The summed E-state index contributed by atoms with van der Waals surface area (Å²) in [5, 5.41) is 0. The Balaban J connectivity index is 1.43. The molecule has 4 aromatic rings. The zero-order valence-electron chi connectivity index (χ0n) is 18.1. The molecule has 4 N–H and O–H groups in total. The standard InChI is InChI=1S/C28H25N3O2/c29-25-14-6-1-9-19(25)17-31(27-16-8-7-15-26(27)30)28(32)33-18-24-22-12-4-2-10-20(22)21-11-3-5-13-23(21)24/h1-16,24H,17-18,29-30H2. The summed E-state index contributed by atoms with van der Waals surface area (Å²) >= 11 is 0. The third kappa shape index (κ3) is 3.89. The highest BCUT2D eigenvalue weighted by atomic mass is 16.6. The fourth-order valence-electron chi connectivity index (χ4n) is 4.50. The van der Waals surface area contributed by atoms with Gasteiger partial charge >= 0.3 is 6.09 Å². The average molecular weight is 436 g/mol. The summed E-state index contributed by atoms with van der Waals surface area (Å²) in [5.74, 6) is -0.0156. The van der Waals surface area contributed by atoms with E-state index in [2.05, 4.69) is 24.3 Å². The number of anilines is 3. The van der Waals surface area contributed by atoms with Gasteiger partial charge in [0.15, 0.2) is 0 Å². The minimum absolute atomic E-state index is 0.0156. The van der Waals surface area contributed by atoms with E-state index in [1.807, 2.05) is 66.7 Å². The summed E-state index contributed by atoms with van der Waals surface area (Å²) in [7, 11) is 0. The number of ether oxygens (including phenoxy) is 1. The molecule has 0 saturated carbocycles. The Morgan fingerprint density at radius 2 is 1.27 bits per heavy atom. The van der Waals surface area contributed by atoms with E-state index in [1.54, 1.807) is 11.0 Å². The van der Waals surface area contributed by atoms with Crippen LogP contribution in [0.15, 0.2) is 97.1 Å². The number of nitrogen functional groups attached to an aromatic ring is 2. The molecule has 1 aliphatic rings. The summed E-state index contributed by atoms with van der Waals surface area (Å²) in [6.45, 7) is 0.498. The monoisotopic (exact) mass is 435 g/mol. The average Bonchev–Trinajstić information content (AvgIpc) is 3.16. The predicted octanol–water partition coefficient (Wildman–Crippen LogP) is 5.81. The van der Waals surface area contributed by atoms with Gasteiger partial charge < -0.3 is 16.2 Å². The zero-order chi connectivity index (χ0) is 22.8. The van der Waals surface area contributed by atoms with E-state index in [4.69, 9.17) is 16.2 Å². The second-order valence-electron chi connectivity index (χ2n) is 8.15. The van der Waals surface area contributed by atoms with Gasteiger partial charge in [-0.3, -0.25) is 4.90 Å². The number of rotatable bonds is 5. The summed E-state index contributed by atoms with van der Waals surface area (Å²) in [4.78, 5) is 14.9. The molecule has 0 aliphatic heterocycles. The Hall–Kier alpha value is -4.25. The van der Waals surface area contributed by atoms with Crippen molar-refractivity contribution < 1.29 is 9.53 Å². The molecule has 5 heteroatoms. The van der Waals surface area contributed by atoms with Crippen LogP contribution in [0.2, 0.25) is 0 Å². The van der Waals surface area contributed by atoms with E-state index >= 15 is 0 Å². The van der Waals surface area contributed by atoms with Crippen molar-refractivity contribution >= 4 is 23.2 Å². The van der Waals surface area contributed by atoms with Crippen LogP contribution in [0.1, 0.15) is 22.6 Å². The van der Waals surface area contributed by atoms with E-state index in [0.29, 0.717) is 17.1 Å². The van der Waals surface area contributed by atoms with Gasteiger partial charge in [0.1, 0.15) is 6.61 Å². The molecule has 0 spiro atoms. The molecule has 5 nitrogen and oxygen atoms in total. The summed E-state index contributed by atoms with van der Waals surface area (Å²) < 4.78 is 5.91. The predicted molar refractivity (Wildman–Crippen MR) is 133 cm³/mol. The minimum Gasteiger partial charge on any atom is -0.448 e. The van der Waals surface area contributed by atoms with Crippen molar-refractivity contribution in [2.24, 2.45) is 0 Å². The first-order chi connectivity index (χ1) is 16.1. The van der Waals surface area contributed by atoms with Crippen molar-refractivity contribution in [1.82, 2.24) is 0 Å². The Labute approximate surface area is 193 Å². The molecular weight excluding hydrogens is 410 g/mol. The summed E-state index contributed by atoms with van der Waals surface area (Å²) in [6, 6.07) is 31.3. The number of hydrogen-bond donors (Lipinski definition) is 2. The van der Waals surface area contributed by atoms with Crippen LogP contribution in [-0.4, -0.2) is 12.7 Å². The lowest BCUT2D eigenvalue weighted by Crippen LogP contribution is -2.33. The SMILES string of the molecule is Nc1ccccc1CN(C(=O)OCC1c2ccccc2-c2ccccc21)c1ccccc1N. The van der Waals surface area contributed by atoms with Crippen molar-refractivity contribution in [2.45, 2.75) is 12.5 Å². The number of nitrogens with two attached hydrogens (primary N) is 2. The van der Waals surface area contributed by atoms with E-state index in [9.17, 15) is 4.79 Å². The van der Waals surface area contributed by atoms with Gasteiger partial charge in [0, 0.05) is 11.6 Å². The van der Waals surface area contributed by atoms with Crippen LogP contribution in [0.4, 0.5) is 21.9 Å². The lowest BCUT2D eigenvalue weighted by molar-refractivity contribution is 0.150. The van der Waals surface area contributed by atoms with Gasteiger partial charge in [-0.25, -0.2) is 4.79 Å². The first kappa shape index (κ1) is 20.6. The van der Waals surface area contributed by atoms with Gasteiger partial charge in [0.25, 0.3) is 0 Å². The lowest BCUT2D eigenvalue weighted by Gasteiger charge is -2.25. The summed E-state index contributed by atoms with van der Waals surface area (Å²) in [5.41, 5.74) is 19.6. The molecule has 1 aliphatic carbocycles. The van der Waals surface area contributed by atoms with Gasteiger partial charge in [0.2, 0.25) is 0 Å². The topological polar surface area (TPSA) is 81.6 Å². The van der Waals surface area contributed by atoms with Crippen LogP contribution in [0, 0.1) is 0 Å². The van der Waals surface area contributed by atoms with Gasteiger partial charge in [-0.15, -0.1) is 0 Å². The molecule has 0 fully saturated rings. The number of nitrogens with zero attached hydrogens (tertiary/aromatic N) is 1. The highest BCUT2D eigenvalue weighted by Gasteiger charge is 2.30. The lowest BCUT2D eigenvalue weighted by atomic mass is 9.98. The first-order valence-electron chi connectivity index (χ1n) is 10.9. The van der Waals surface area contributed by atoms with Crippen molar-refractivity contribution in [3.8, 4) is 11.1 Å². The maximum Gasteiger partial charge on any atom is 0.414 e. The fraction of sp³-hybridized carbons (Fsp3) is 0.107. The Kier molecular flexibility index (Phi) is 5.45. The highest BCUT2D eigenvalue weighted by Crippen LogP contribution is 2.44. The van der Waals surface area contributed by atoms with E-state index < -0.39 is 6.09 Å². The van der Waals surface area contributed by atoms with Gasteiger partial charge in [-0.2, -0.15) is 0 Å². The van der Waals surface area contributed by atoms with Crippen molar-refractivity contribution in [3.05, 3.63) is 114 Å². The number of benzene rings is 4. The van der Waals surface area contributed by atoms with Crippen molar-refractivity contribution in [3.63, 3.8) is 0 Å². The van der Waals surface area contributed by atoms with Crippen molar-refractivity contribution in [2.75, 3.05) is 23.0 Å². The van der Waals surface area contributed by atoms with Crippen molar-refractivity contribution in [1.29, 1.82) is 0 Å². The molecule has 0 radical (unpaired) electrons. The normalized spacial score (nSPS) is 12.1. The van der Waals surface area contributed by atoms with Gasteiger partial charge in [-0.1, -0.05) is 78.9 Å². The fourth-order valence-corrected chi connectivity index (χ4v) is 4.50. The molecule has 0 saturated heterocycles. The number of amides is 1. The number of carbonyl (C=O) groups is 1. The third-order valence-corrected chi connectivity index (χ3v) is 6.17. The third-order valence-electron chi connectivity index (χ3n) is 6.17. The quantitative estimate of drug-likeness (QED) is 0.388. The number of para-hydroxylation sites is 3. The van der Waals surface area contributed by atoms with Crippen LogP contribution < -0.4 is 16.4 Å². The molecule has 0 atom stereocenters. The molecule has 0 aromatic heterocycles. The highest BCUT2D eigenvalue weighted by molar-refractivity contribution is 5.92. The molecule has 164 valence electrons. The second kappa shape index (κ2) is 8.71.